The van der Waals surface area contributed by atoms with Crippen LogP contribution in [-0.2, 0) is 28.4 Å². The van der Waals surface area contributed by atoms with Crippen LogP contribution in [0.15, 0.2) is 23.3 Å². The summed E-state index contributed by atoms with van der Waals surface area (Å²) in [6, 6.07) is 0. The Hall–Kier alpha value is -1.28. The Labute approximate surface area is 392 Å². The van der Waals surface area contributed by atoms with Gasteiger partial charge in [0.15, 0.2) is 18.9 Å². The van der Waals surface area contributed by atoms with Crippen LogP contribution in [0.4, 0.5) is 0 Å². The summed E-state index contributed by atoms with van der Waals surface area (Å²) in [5.41, 5.74) is -1.89. The minimum atomic E-state index is -1.83. The van der Waals surface area contributed by atoms with Gasteiger partial charge in [0, 0.05) is 10.8 Å². The number of hydrogen-bond donors (Lipinski definition) is 13. The van der Waals surface area contributed by atoms with Crippen LogP contribution in [0.2, 0.25) is 0 Å². The van der Waals surface area contributed by atoms with Gasteiger partial charge in [0.05, 0.1) is 43.7 Å². The van der Waals surface area contributed by atoms with Crippen molar-refractivity contribution in [3.8, 4) is 0 Å². The molecule has 0 aromatic heterocycles. The lowest BCUT2D eigenvalue weighted by Gasteiger charge is -2.69. The average molecular weight is 961 g/mol. The normalized spacial score (nSPS) is 51.7. The molecule has 3 heterocycles. The van der Waals surface area contributed by atoms with E-state index >= 15 is 0 Å². The van der Waals surface area contributed by atoms with Crippen molar-refractivity contribution in [2.24, 2.45) is 39.4 Å². The van der Waals surface area contributed by atoms with Crippen LogP contribution in [0.5, 0.6) is 0 Å². The fourth-order valence-electron chi connectivity index (χ4n) is 14.1. The van der Waals surface area contributed by atoms with E-state index in [1.165, 1.54) is 0 Å². The predicted molar refractivity (Wildman–Crippen MR) is 235 cm³/mol. The van der Waals surface area contributed by atoms with Crippen molar-refractivity contribution in [1.82, 2.24) is 0 Å². The van der Waals surface area contributed by atoms with E-state index in [0.29, 0.717) is 44.9 Å². The lowest BCUT2D eigenvalue weighted by Crippen LogP contribution is -2.68. The number of aliphatic hydroxyl groups excluding tert-OH is 13. The molecule has 19 heteroatoms. The summed E-state index contributed by atoms with van der Waals surface area (Å²) < 4.78 is 36.9. The summed E-state index contributed by atoms with van der Waals surface area (Å²) in [5, 5.41) is 142. The van der Waals surface area contributed by atoms with Crippen molar-refractivity contribution in [2.45, 2.75) is 216 Å². The molecule has 386 valence electrons. The molecular formula is C48H80O19. The zero-order chi connectivity index (χ0) is 49.5. The van der Waals surface area contributed by atoms with Gasteiger partial charge in [0.2, 0.25) is 0 Å². The van der Waals surface area contributed by atoms with E-state index in [4.69, 9.17) is 28.4 Å². The van der Waals surface area contributed by atoms with Gasteiger partial charge >= 0.3 is 0 Å². The molecule has 0 unspecified atom stereocenters. The third-order valence-corrected chi connectivity index (χ3v) is 18.2. The fraction of sp³-hybridized carbons (Fsp3) is 0.917. The van der Waals surface area contributed by atoms with Gasteiger partial charge in [-0.3, -0.25) is 0 Å². The first kappa shape index (κ1) is 53.5. The van der Waals surface area contributed by atoms with Crippen molar-refractivity contribution in [1.29, 1.82) is 0 Å². The summed E-state index contributed by atoms with van der Waals surface area (Å²) in [6.07, 6.45) is -18.3. The highest BCUT2D eigenvalue weighted by atomic mass is 16.8. The van der Waals surface area contributed by atoms with Gasteiger partial charge in [-0.15, -0.1) is 0 Å². The maximum atomic E-state index is 12.7. The quantitative estimate of drug-likeness (QED) is 0.0971. The third-order valence-electron chi connectivity index (χ3n) is 18.2. The molecule has 0 aromatic rings. The molecule has 13 N–H and O–H groups in total. The van der Waals surface area contributed by atoms with Gasteiger partial charge in [0.1, 0.15) is 73.2 Å². The van der Waals surface area contributed by atoms with Crippen LogP contribution >= 0.6 is 0 Å². The lowest BCUT2D eigenvalue weighted by atomic mass is 9.37. The van der Waals surface area contributed by atoms with Crippen LogP contribution < -0.4 is 0 Å². The highest BCUT2D eigenvalue weighted by molar-refractivity contribution is 5.36. The number of hydrogen-bond acceptors (Lipinski definition) is 19. The van der Waals surface area contributed by atoms with Gasteiger partial charge in [-0.2, -0.15) is 0 Å². The van der Waals surface area contributed by atoms with Crippen LogP contribution in [0, 0.1) is 39.4 Å². The highest BCUT2D eigenvalue weighted by Gasteiger charge is 2.73. The average Bonchev–Trinajstić information content (AvgIpc) is 3.66. The van der Waals surface area contributed by atoms with Gasteiger partial charge < -0.3 is 94.8 Å². The first-order valence-corrected chi connectivity index (χ1v) is 24.2. The molecule has 25 atom stereocenters. The fourth-order valence-corrected chi connectivity index (χ4v) is 14.1. The van der Waals surface area contributed by atoms with Crippen LogP contribution in [0.1, 0.15) is 100 Å². The lowest BCUT2D eigenvalue weighted by molar-refractivity contribution is -0.375. The van der Waals surface area contributed by atoms with E-state index in [2.05, 4.69) is 26.8 Å². The Balaban J connectivity index is 1.18. The zero-order valence-corrected chi connectivity index (χ0v) is 40.1. The van der Waals surface area contributed by atoms with E-state index in [1.54, 1.807) is 0 Å². The highest BCUT2D eigenvalue weighted by Crippen LogP contribution is 2.75. The predicted octanol–water partition coefficient (Wildman–Crippen LogP) is -1.14. The summed E-state index contributed by atoms with van der Waals surface area (Å²) in [6.45, 7) is 14.3. The molecule has 7 rings (SSSR count). The molecule has 0 spiro atoms. The molecule has 7 aliphatic rings. The number of fused-ring (bicyclic) bond motifs is 5. The van der Waals surface area contributed by atoms with Crippen molar-refractivity contribution in [3.63, 3.8) is 0 Å². The molecule has 0 radical (unpaired) electrons. The zero-order valence-electron chi connectivity index (χ0n) is 40.1. The first-order valence-electron chi connectivity index (χ1n) is 24.2. The largest absolute Gasteiger partial charge is 0.394 e. The van der Waals surface area contributed by atoms with Crippen molar-refractivity contribution in [3.05, 3.63) is 23.3 Å². The molecule has 3 aliphatic heterocycles. The second kappa shape index (κ2) is 19.6. The van der Waals surface area contributed by atoms with Crippen LogP contribution in [0.25, 0.3) is 0 Å². The van der Waals surface area contributed by atoms with Gasteiger partial charge in [-0.25, -0.2) is 0 Å². The number of ether oxygens (including phenoxy) is 6. The molecule has 3 saturated heterocycles. The SMILES string of the molecule is CC(C)=CCC[C@](C)(O[C@H]1O[C@H](CO)[C@@H](O)[C@H](O)[C@H]1O)[C@H]1CC[C@]2(C)[C@@H]1[C@H](O)C[C@H]1[C@@]2(C)[C@@H](O)C=C2C(C)(C)[C@@H](O[C@H]3O[C@H](CO)[C@@H](O)[C@H](O)[C@H]3O[C@H]3O[C@H](CO)[C@@H](O)[C@H](O)[C@H]3O)CC[C@@]21C. The monoisotopic (exact) mass is 961 g/mol. The Bertz CT molecular complexity index is 1780. The van der Waals surface area contributed by atoms with Crippen LogP contribution in [0.3, 0.4) is 0 Å². The minimum absolute atomic E-state index is 0.238. The molecule has 0 bridgehead atoms. The Morgan fingerprint density at radius 2 is 1.22 bits per heavy atom. The van der Waals surface area contributed by atoms with E-state index < -0.39 is 158 Å². The smallest absolute Gasteiger partial charge is 0.187 e. The Morgan fingerprint density at radius 3 is 1.79 bits per heavy atom. The maximum absolute atomic E-state index is 12.7. The topological polar surface area (TPSA) is 318 Å². The van der Waals surface area contributed by atoms with E-state index in [-0.39, 0.29) is 17.8 Å². The second-order valence-electron chi connectivity index (χ2n) is 22.5. The van der Waals surface area contributed by atoms with E-state index in [9.17, 15) is 66.4 Å². The second-order valence-corrected chi connectivity index (χ2v) is 22.5. The van der Waals surface area contributed by atoms with E-state index in [1.807, 2.05) is 40.7 Å². The summed E-state index contributed by atoms with van der Waals surface area (Å²) in [7, 11) is 0. The van der Waals surface area contributed by atoms with Crippen molar-refractivity contribution in [2.75, 3.05) is 19.8 Å². The summed E-state index contributed by atoms with van der Waals surface area (Å²) in [5.74, 6) is -0.932. The molecule has 4 aliphatic carbocycles. The van der Waals surface area contributed by atoms with Crippen molar-refractivity contribution >= 4 is 0 Å². The molecule has 3 saturated carbocycles. The third kappa shape index (κ3) is 8.84. The summed E-state index contributed by atoms with van der Waals surface area (Å²) >= 11 is 0. The molecule has 6 fully saturated rings. The Kier molecular flexibility index (Phi) is 15.7. The van der Waals surface area contributed by atoms with Crippen LogP contribution in [-0.4, -0.2) is 202 Å². The molecular weight excluding hydrogens is 881 g/mol. The number of allylic oxidation sites excluding steroid dienone is 2. The standard InChI is InChI=1S/C48H80O19/c1-21(2)10-9-13-47(7,67-42-39(61)36(58)33(55)25(19-50)63-42)22-11-15-46(6)31(22)23(52)16-28-45(5)14-12-30(44(3,4)27(45)17-29(53)48(28,46)8)65-43-40(37(59)34(56)26(20-51)64-43)66-41-38(60)35(57)32(54)24(18-49)62-41/h10,17,22-26,28-43,49-61H,9,11-16,18-20H2,1-8H3/t22-,23+,24+,25+,26+,28+,29-,30-,31-,32+,33+,34+,35-,36-,37-,38+,39+,40+,41+,42+,43+,45-,46+,47-,48-/m0/s1. The molecule has 19 nitrogen and oxygen atoms in total. The molecule has 67 heavy (non-hydrogen) atoms. The number of aliphatic hydroxyl groups is 13. The van der Waals surface area contributed by atoms with Gasteiger partial charge in [-0.1, -0.05) is 57.9 Å². The number of rotatable bonds is 13. The maximum Gasteiger partial charge on any atom is 0.187 e. The van der Waals surface area contributed by atoms with Gasteiger partial charge in [-0.05, 0) is 94.3 Å². The van der Waals surface area contributed by atoms with E-state index in [0.717, 1.165) is 11.1 Å². The first-order chi connectivity index (χ1) is 31.3. The molecule has 0 aromatic carbocycles. The van der Waals surface area contributed by atoms with Crippen molar-refractivity contribution < 1.29 is 94.8 Å². The minimum Gasteiger partial charge on any atom is -0.394 e. The molecule has 0 amide bonds. The Morgan fingerprint density at radius 1 is 0.687 bits per heavy atom. The van der Waals surface area contributed by atoms with Gasteiger partial charge in [0.25, 0.3) is 0 Å². The summed E-state index contributed by atoms with van der Waals surface area (Å²) in [4.78, 5) is 0.